The molecule has 1 aromatic heterocycles. The van der Waals surface area contributed by atoms with Gasteiger partial charge in [0.2, 0.25) is 11.9 Å². The lowest BCUT2D eigenvalue weighted by Crippen LogP contribution is -2.51. The Morgan fingerprint density at radius 2 is 2.03 bits per heavy atom. The van der Waals surface area contributed by atoms with Gasteiger partial charge in [0.15, 0.2) is 0 Å². The summed E-state index contributed by atoms with van der Waals surface area (Å²) < 4.78 is 18.5. The molecule has 2 aliphatic heterocycles. The van der Waals surface area contributed by atoms with E-state index >= 15 is 0 Å². The first-order valence-corrected chi connectivity index (χ1v) is 10.1. The summed E-state index contributed by atoms with van der Waals surface area (Å²) in [5.41, 5.74) is 1.43. The van der Waals surface area contributed by atoms with Gasteiger partial charge in [-0.2, -0.15) is 5.10 Å². The van der Waals surface area contributed by atoms with Crippen molar-refractivity contribution in [2.45, 2.75) is 6.10 Å². The molecular weight excluding hydrogens is 401 g/mol. The molecule has 2 aliphatic rings. The highest BCUT2D eigenvalue weighted by Gasteiger charge is 2.22. The Balaban J connectivity index is 1.25. The van der Waals surface area contributed by atoms with Crippen molar-refractivity contribution in [2.24, 2.45) is 0 Å². The topological polar surface area (TPSA) is 86.7 Å². The van der Waals surface area contributed by atoms with Crippen LogP contribution in [0.25, 0.3) is 11.3 Å². The van der Waals surface area contributed by atoms with Crippen LogP contribution in [-0.2, 0) is 9.53 Å². The number of carbonyl (C=O) groups is 1. The zero-order chi connectivity index (χ0) is 21.6. The normalized spacial score (nSPS) is 18.7. The largest absolute Gasteiger partial charge is 0.438 e. The van der Waals surface area contributed by atoms with Crippen LogP contribution in [0.3, 0.4) is 0 Å². The van der Waals surface area contributed by atoms with Gasteiger partial charge in [0.25, 0.3) is 0 Å². The van der Waals surface area contributed by atoms with Gasteiger partial charge in [-0.3, -0.25) is 9.69 Å². The van der Waals surface area contributed by atoms with Crippen molar-refractivity contribution in [3.8, 4) is 23.4 Å². The van der Waals surface area contributed by atoms with Crippen molar-refractivity contribution in [3.63, 3.8) is 0 Å². The lowest BCUT2D eigenvalue weighted by Gasteiger charge is -2.34. The molecule has 2 aromatic rings. The summed E-state index contributed by atoms with van der Waals surface area (Å²) in [6, 6.07) is 8.93. The fourth-order valence-electron chi connectivity index (χ4n) is 3.46. The van der Waals surface area contributed by atoms with Crippen LogP contribution in [-0.4, -0.2) is 89.9 Å². The molecule has 4 rings (SSSR count). The van der Waals surface area contributed by atoms with Gasteiger partial charge < -0.3 is 19.9 Å². The third-order valence-corrected chi connectivity index (χ3v) is 5.18. The number of hydrogen-bond acceptors (Lipinski definition) is 8. The van der Waals surface area contributed by atoms with Gasteiger partial charge in [-0.15, -0.1) is 5.10 Å². The van der Waals surface area contributed by atoms with Gasteiger partial charge in [0, 0.05) is 38.8 Å². The standard InChI is InChI=1S/C21H24FN7O2/c1-27-10-11-31-18(14-27)12-23-20(30)15-28-6-8-29(9-7-28)21-25-19(13-24-26-21)16-2-4-17(22)5-3-16/h2-5,13,18H,6-9,12,14-15H2,1H3,(H,23,30)/t18-/m1/s1. The molecule has 0 saturated carbocycles. The van der Waals surface area contributed by atoms with E-state index in [2.05, 4.69) is 37.5 Å². The van der Waals surface area contributed by atoms with Crippen LogP contribution in [0.4, 0.5) is 10.3 Å². The molecule has 1 saturated heterocycles. The maximum atomic E-state index is 13.2. The minimum atomic E-state index is -0.293. The second kappa shape index (κ2) is 9.57. The second-order valence-corrected chi connectivity index (χ2v) is 7.55. The molecule has 0 bridgehead atoms. The first kappa shape index (κ1) is 20.8. The number of nitrogens with one attached hydrogen (secondary N) is 1. The monoisotopic (exact) mass is 425 g/mol. The predicted octanol–water partition coefficient (Wildman–Crippen LogP) is 0.165. The molecule has 31 heavy (non-hydrogen) atoms. The summed E-state index contributed by atoms with van der Waals surface area (Å²) in [4.78, 5) is 22.8. The summed E-state index contributed by atoms with van der Waals surface area (Å²) in [5.74, 6) is 0.207. The Morgan fingerprint density at radius 1 is 1.26 bits per heavy atom. The number of ether oxygens (including phenoxy) is 1. The number of aromatic nitrogens is 3. The van der Waals surface area contributed by atoms with Crippen LogP contribution in [0.15, 0.2) is 30.5 Å². The molecule has 9 nitrogen and oxygen atoms in total. The summed E-state index contributed by atoms with van der Waals surface area (Å²) in [6.45, 7) is 4.24. The van der Waals surface area contributed by atoms with Crippen molar-refractivity contribution >= 4 is 11.9 Å². The van der Waals surface area contributed by atoms with Crippen LogP contribution in [0.1, 0.15) is 0 Å². The Morgan fingerprint density at radius 3 is 2.77 bits per heavy atom. The van der Waals surface area contributed by atoms with E-state index in [-0.39, 0.29) is 17.8 Å². The molecule has 1 amide bonds. The van der Waals surface area contributed by atoms with E-state index in [1.54, 1.807) is 18.3 Å². The number of halogens is 1. The molecule has 0 unspecified atom stereocenters. The SMILES string of the molecule is CN1C#CO[C@H](CNC(=O)CN2CCN(c3nncc(-c4ccc(F)cc4)n3)CC2)C1. The predicted molar refractivity (Wildman–Crippen MR) is 112 cm³/mol. The zero-order valence-electron chi connectivity index (χ0n) is 17.3. The van der Waals surface area contributed by atoms with Crippen LogP contribution in [0.2, 0.25) is 0 Å². The lowest BCUT2D eigenvalue weighted by atomic mass is 10.2. The summed E-state index contributed by atoms with van der Waals surface area (Å²) in [5, 5.41) is 11.1. The van der Waals surface area contributed by atoms with Gasteiger partial charge >= 0.3 is 0 Å². The first-order valence-electron chi connectivity index (χ1n) is 10.1. The van der Waals surface area contributed by atoms with Crippen molar-refractivity contribution in [1.82, 2.24) is 30.3 Å². The fourth-order valence-corrected chi connectivity index (χ4v) is 3.46. The van der Waals surface area contributed by atoms with Crippen LogP contribution in [0.5, 0.6) is 0 Å². The third kappa shape index (κ3) is 5.58. The second-order valence-electron chi connectivity index (χ2n) is 7.55. The summed E-state index contributed by atoms with van der Waals surface area (Å²) in [6.07, 6.45) is 4.05. The molecule has 0 aliphatic carbocycles. The summed E-state index contributed by atoms with van der Waals surface area (Å²) in [7, 11) is 1.89. The highest BCUT2D eigenvalue weighted by Crippen LogP contribution is 2.19. The average molecular weight is 425 g/mol. The molecule has 0 spiro atoms. The number of carbonyl (C=O) groups excluding carboxylic acids is 1. The molecule has 10 heteroatoms. The quantitative estimate of drug-likeness (QED) is 0.656. The van der Waals surface area contributed by atoms with Gasteiger partial charge in [-0.25, -0.2) is 9.37 Å². The number of amides is 1. The van der Waals surface area contributed by atoms with Gasteiger partial charge in [-0.05, 0) is 24.3 Å². The number of hydrogen-bond donors (Lipinski definition) is 1. The van der Waals surface area contributed by atoms with Crippen LogP contribution >= 0.6 is 0 Å². The van der Waals surface area contributed by atoms with E-state index in [9.17, 15) is 9.18 Å². The molecule has 1 fully saturated rings. The van der Waals surface area contributed by atoms with Gasteiger partial charge in [0.05, 0.1) is 37.6 Å². The Bertz CT molecular complexity index is 968. The van der Waals surface area contributed by atoms with Crippen molar-refractivity contribution in [3.05, 3.63) is 36.3 Å². The average Bonchev–Trinajstić information content (AvgIpc) is 2.79. The van der Waals surface area contributed by atoms with E-state index in [1.165, 1.54) is 12.1 Å². The van der Waals surface area contributed by atoms with Crippen molar-refractivity contribution < 1.29 is 13.9 Å². The molecule has 0 radical (unpaired) electrons. The Kier molecular flexibility index (Phi) is 6.43. The maximum Gasteiger partial charge on any atom is 0.245 e. The fraction of sp³-hybridized carbons (Fsp3) is 0.429. The minimum absolute atomic E-state index is 0.0329. The number of likely N-dealkylation sites (N-methyl/N-ethyl adjacent to an activating group) is 1. The lowest BCUT2D eigenvalue weighted by molar-refractivity contribution is -0.122. The molecule has 1 aromatic carbocycles. The Hall–Kier alpha value is -3.45. The number of rotatable bonds is 6. The zero-order valence-corrected chi connectivity index (χ0v) is 17.3. The van der Waals surface area contributed by atoms with Gasteiger partial charge in [0.1, 0.15) is 18.0 Å². The van der Waals surface area contributed by atoms with E-state index in [0.29, 0.717) is 57.5 Å². The van der Waals surface area contributed by atoms with E-state index < -0.39 is 0 Å². The minimum Gasteiger partial charge on any atom is -0.438 e. The van der Waals surface area contributed by atoms with E-state index in [4.69, 9.17) is 4.74 Å². The van der Waals surface area contributed by atoms with E-state index in [0.717, 1.165) is 5.56 Å². The highest BCUT2D eigenvalue weighted by molar-refractivity contribution is 5.78. The molecule has 1 atom stereocenters. The number of nitrogens with zero attached hydrogens (tertiary/aromatic N) is 6. The smallest absolute Gasteiger partial charge is 0.245 e. The van der Waals surface area contributed by atoms with Crippen molar-refractivity contribution in [1.29, 1.82) is 0 Å². The van der Waals surface area contributed by atoms with Crippen molar-refractivity contribution in [2.75, 3.05) is 57.8 Å². The third-order valence-electron chi connectivity index (χ3n) is 5.18. The van der Waals surface area contributed by atoms with E-state index in [1.807, 2.05) is 16.8 Å². The summed E-state index contributed by atoms with van der Waals surface area (Å²) >= 11 is 0. The van der Waals surface area contributed by atoms with Gasteiger partial charge in [-0.1, -0.05) is 0 Å². The molecule has 3 heterocycles. The molecular formula is C21H24FN7O2. The Labute approximate surface area is 180 Å². The first-order chi connectivity index (χ1) is 15.1. The maximum absolute atomic E-state index is 13.2. The molecule has 1 N–H and O–H groups in total. The van der Waals surface area contributed by atoms with Crippen LogP contribution in [0, 0.1) is 18.0 Å². The number of benzene rings is 1. The highest BCUT2D eigenvalue weighted by atomic mass is 19.1. The number of piperazine rings is 1. The number of anilines is 1. The van der Waals surface area contributed by atoms with Crippen LogP contribution < -0.4 is 10.2 Å². The molecule has 162 valence electrons.